The summed E-state index contributed by atoms with van der Waals surface area (Å²) in [4.78, 5) is 10.0. The van der Waals surface area contributed by atoms with Gasteiger partial charge in [-0.3, -0.25) is 0 Å². The van der Waals surface area contributed by atoms with Gasteiger partial charge in [0.1, 0.15) is 11.0 Å². The van der Waals surface area contributed by atoms with E-state index in [0.29, 0.717) is 0 Å². The Balaban J connectivity index is 1.57. The smallest absolute Gasteiger partial charge is 0.240 e. The van der Waals surface area contributed by atoms with E-state index >= 15 is 0 Å². The Hall–Kier alpha value is -5.42. The first-order valence-corrected chi connectivity index (χ1v) is 16.2. The number of allylic oxidation sites excluding steroid dienone is 2. The van der Waals surface area contributed by atoms with Crippen molar-refractivity contribution in [3.05, 3.63) is 140 Å². The van der Waals surface area contributed by atoms with E-state index in [1.54, 1.807) is 0 Å². The monoisotopic (exact) mass is 604 g/mol. The summed E-state index contributed by atoms with van der Waals surface area (Å²) in [6.07, 6.45) is 5.74. The van der Waals surface area contributed by atoms with Crippen LogP contribution < -0.4 is 19.7 Å². The second kappa shape index (κ2) is 13.7. The molecule has 0 saturated heterocycles. The van der Waals surface area contributed by atoms with Crippen LogP contribution in [-0.4, -0.2) is 31.2 Å². The fourth-order valence-electron chi connectivity index (χ4n) is 6.27. The Labute approximate surface area is 272 Å². The van der Waals surface area contributed by atoms with E-state index in [4.69, 9.17) is 4.98 Å². The molecule has 5 nitrogen and oxygen atoms in total. The Morgan fingerprint density at radius 2 is 1.41 bits per heavy atom. The second-order valence-corrected chi connectivity index (χ2v) is 11.3. The molecule has 0 spiro atoms. The van der Waals surface area contributed by atoms with Crippen molar-refractivity contribution in [3.63, 3.8) is 0 Å². The topological polar surface area (TPSA) is 35.3 Å². The van der Waals surface area contributed by atoms with Crippen LogP contribution in [-0.2, 0) is 0 Å². The summed E-state index contributed by atoms with van der Waals surface area (Å²) < 4.78 is 2.35. The lowest BCUT2D eigenvalue weighted by Gasteiger charge is -2.23. The van der Waals surface area contributed by atoms with Gasteiger partial charge in [-0.25, -0.2) is 4.98 Å². The minimum atomic E-state index is 0.746. The van der Waals surface area contributed by atoms with Crippen LogP contribution >= 0.6 is 0 Å². The molecule has 6 rings (SSSR count). The van der Waals surface area contributed by atoms with Gasteiger partial charge in [0.15, 0.2) is 0 Å². The lowest BCUT2D eigenvalue weighted by Crippen LogP contribution is -2.34. The minimum absolute atomic E-state index is 0.746. The third-order valence-electron chi connectivity index (χ3n) is 8.67. The van der Waals surface area contributed by atoms with Crippen molar-refractivity contribution >= 4 is 55.6 Å². The standard InChI is InChI=1S/C41H41N5/c1-6-16-30(7-2)29-45(10-5)34-25-26-37-39(27-34)46(33-17-12-11-13-18-33)40-28-38(35-19-14-15-20-36(35)41(40)43-37)42-31-21-23-32(24-22-31)44(8-3)9-4/h6-7,11-28H,1-2,8-10,29H2,3-5H3/p+1/b30-16+. The van der Waals surface area contributed by atoms with Gasteiger partial charge in [-0.2, -0.15) is 0 Å². The molecule has 0 aliphatic rings. The molecule has 1 N–H and O–H groups in total. The van der Waals surface area contributed by atoms with Crippen molar-refractivity contribution in [1.29, 1.82) is 0 Å². The van der Waals surface area contributed by atoms with Crippen molar-refractivity contribution in [2.24, 2.45) is 0 Å². The Morgan fingerprint density at radius 1 is 0.739 bits per heavy atom. The summed E-state index contributed by atoms with van der Waals surface area (Å²) in [5.74, 6) is 0. The van der Waals surface area contributed by atoms with Crippen LogP contribution in [0.3, 0.4) is 0 Å². The number of anilines is 4. The van der Waals surface area contributed by atoms with E-state index in [9.17, 15) is 0 Å². The number of nitrogens with one attached hydrogen (secondary N) is 1. The fourth-order valence-corrected chi connectivity index (χ4v) is 6.27. The SMILES string of the molecule is C=C/C=C(\C=C)CN(CC)c1ccc2nc3c4ccccc4c(Nc4ccc(N(CC)CC)cc4)cc3[n+](-c3ccccc3)c2c1. The molecule has 0 amide bonds. The molecule has 5 aromatic carbocycles. The summed E-state index contributed by atoms with van der Waals surface area (Å²) in [5.41, 5.74) is 10.7. The van der Waals surface area contributed by atoms with E-state index in [-0.39, 0.29) is 0 Å². The number of hydrogen-bond acceptors (Lipinski definition) is 4. The van der Waals surface area contributed by atoms with Crippen LogP contribution in [0, 0.1) is 0 Å². The maximum absolute atomic E-state index is 5.31. The van der Waals surface area contributed by atoms with Crippen molar-refractivity contribution in [3.8, 4) is 5.69 Å². The minimum Gasteiger partial charge on any atom is -0.372 e. The average Bonchev–Trinajstić information content (AvgIpc) is 3.10. The number of hydrogen-bond donors (Lipinski definition) is 1. The molecule has 0 atom stereocenters. The van der Waals surface area contributed by atoms with Gasteiger partial charge < -0.3 is 15.1 Å². The van der Waals surface area contributed by atoms with Gasteiger partial charge >= 0.3 is 0 Å². The van der Waals surface area contributed by atoms with E-state index in [0.717, 1.165) is 87.3 Å². The Morgan fingerprint density at radius 3 is 2.09 bits per heavy atom. The zero-order valence-corrected chi connectivity index (χ0v) is 27.1. The first kappa shape index (κ1) is 30.6. The summed E-state index contributed by atoms with van der Waals surface area (Å²) in [7, 11) is 0. The molecule has 1 aromatic heterocycles. The van der Waals surface area contributed by atoms with E-state index in [1.165, 1.54) is 5.69 Å². The van der Waals surface area contributed by atoms with Crippen molar-refractivity contribution in [2.45, 2.75) is 20.8 Å². The van der Waals surface area contributed by atoms with Gasteiger partial charge in [0, 0.05) is 78.3 Å². The van der Waals surface area contributed by atoms with Crippen LogP contribution in [0.4, 0.5) is 22.7 Å². The van der Waals surface area contributed by atoms with Crippen molar-refractivity contribution in [1.82, 2.24) is 4.98 Å². The molecule has 0 unspecified atom stereocenters. The number of fused-ring (bicyclic) bond motifs is 4. The predicted molar refractivity (Wildman–Crippen MR) is 198 cm³/mol. The molecule has 1 heterocycles. The fraction of sp³-hybridized carbons (Fsp3) is 0.171. The molecule has 5 heteroatoms. The largest absolute Gasteiger partial charge is 0.372 e. The summed E-state index contributed by atoms with van der Waals surface area (Å²) >= 11 is 0. The number of benzene rings is 5. The van der Waals surface area contributed by atoms with Crippen LogP contribution in [0.25, 0.3) is 38.5 Å². The van der Waals surface area contributed by atoms with Crippen molar-refractivity contribution < 1.29 is 4.57 Å². The molecular formula is C41H42N5+. The molecular weight excluding hydrogens is 562 g/mol. The van der Waals surface area contributed by atoms with Crippen LogP contribution in [0.15, 0.2) is 140 Å². The Bertz CT molecular complexity index is 2040. The maximum Gasteiger partial charge on any atom is 0.240 e. The molecule has 6 aromatic rings. The zero-order chi connectivity index (χ0) is 32.0. The van der Waals surface area contributed by atoms with Gasteiger partial charge in [0.25, 0.3) is 0 Å². The third kappa shape index (κ3) is 5.96. The number of likely N-dealkylation sites (N-methyl/N-ethyl adjacent to an activating group) is 1. The summed E-state index contributed by atoms with van der Waals surface area (Å²) in [6.45, 7) is 18.0. The van der Waals surface area contributed by atoms with Crippen LogP contribution in [0.5, 0.6) is 0 Å². The van der Waals surface area contributed by atoms with Gasteiger partial charge in [-0.05, 0) is 62.7 Å². The van der Waals surface area contributed by atoms with Crippen LogP contribution in [0.2, 0.25) is 0 Å². The Kier molecular flexibility index (Phi) is 9.11. The highest BCUT2D eigenvalue weighted by atomic mass is 15.1. The van der Waals surface area contributed by atoms with E-state index in [1.807, 2.05) is 18.2 Å². The quantitative estimate of drug-likeness (QED) is 0.0653. The highest BCUT2D eigenvalue weighted by molar-refractivity contribution is 6.11. The second-order valence-electron chi connectivity index (χ2n) is 11.3. The number of aromatic nitrogens is 2. The first-order chi connectivity index (χ1) is 22.6. The van der Waals surface area contributed by atoms with Crippen molar-refractivity contribution in [2.75, 3.05) is 41.3 Å². The maximum atomic E-state index is 5.31. The van der Waals surface area contributed by atoms with Gasteiger partial charge in [-0.1, -0.05) is 73.9 Å². The molecule has 0 aliphatic heterocycles. The van der Waals surface area contributed by atoms with Crippen LogP contribution in [0.1, 0.15) is 20.8 Å². The average molecular weight is 605 g/mol. The molecule has 0 fully saturated rings. The molecule has 230 valence electrons. The molecule has 0 radical (unpaired) electrons. The molecule has 0 aliphatic carbocycles. The number of para-hydroxylation sites is 1. The van der Waals surface area contributed by atoms with Gasteiger partial charge in [0.2, 0.25) is 16.7 Å². The zero-order valence-electron chi connectivity index (χ0n) is 27.1. The lowest BCUT2D eigenvalue weighted by atomic mass is 10.0. The highest BCUT2D eigenvalue weighted by Crippen LogP contribution is 2.34. The highest BCUT2D eigenvalue weighted by Gasteiger charge is 2.24. The van der Waals surface area contributed by atoms with E-state index < -0.39 is 0 Å². The molecule has 0 saturated carbocycles. The third-order valence-corrected chi connectivity index (χ3v) is 8.67. The van der Waals surface area contributed by atoms with Gasteiger partial charge in [0.05, 0.1) is 5.69 Å². The number of rotatable bonds is 12. The predicted octanol–water partition coefficient (Wildman–Crippen LogP) is 9.53. The first-order valence-electron chi connectivity index (χ1n) is 16.2. The van der Waals surface area contributed by atoms with Gasteiger partial charge in [-0.15, -0.1) is 4.57 Å². The normalized spacial score (nSPS) is 11.6. The number of nitrogens with zero attached hydrogens (tertiary/aromatic N) is 4. The van der Waals surface area contributed by atoms with E-state index in [2.05, 4.69) is 157 Å². The summed E-state index contributed by atoms with van der Waals surface area (Å²) in [6, 6.07) is 36.7. The lowest BCUT2D eigenvalue weighted by molar-refractivity contribution is -0.538. The molecule has 46 heavy (non-hydrogen) atoms. The molecule has 0 bridgehead atoms. The summed E-state index contributed by atoms with van der Waals surface area (Å²) in [5, 5.41) is 6.00.